The fraction of sp³-hybridized carbons (Fsp3) is 0.467. The first kappa shape index (κ1) is 14.5. The van der Waals surface area contributed by atoms with Gasteiger partial charge in [0.1, 0.15) is 18.3 Å². The Morgan fingerprint density at radius 1 is 1.29 bits per heavy atom. The van der Waals surface area contributed by atoms with E-state index in [0.717, 1.165) is 12.8 Å². The molecule has 2 aromatic rings. The van der Waals surface area contributed by atoms with E-state index in [-0.39, 0.29) is 12.5 Å². The first-order valence-corrected chi connectivity index (χ1v) is 7.34. The standard InChI is InChI=1S/C15H18ClN3O2/c1-14(20,11-2-3-11)15(21,8-19-10-17-9-18-19)12-4-6-13(16)7-5-12/h4-7,9-11,20-21H,2-3,8H2,1H3. The van der Waals surface area contributed by atoms with Crippen LogP contribution in [0.1, 0.15) is 25.3 Å². The number of halogens is 1. The molecule has 3 rings (SSSR count). The van der Waals surface area contributed by atoms with Gasteiger partial charge in [-0.15, -0.1) is 0 Å². The molecule has 2 N–H and O–H groups in total. The second-order valence-corrected chi connectivity index (χ2v) is 6.32. The molecule has 5 nitrogen and oxygen atoms in total. The lowest BCUT2D eigenvalue weighted by molar-refractivity contribution is -0.170. The van der Waals surface area contributed by atoms with E-state index in [1.807, 2.05) is 0 Å². The van der Waals surface area contributed by atoms with Crippen LogP contribution in [0.5, 0.6) is 0 Å². The first-order valence-electron chi connectivity index (χ1n) is 6.97. The maximum Gasteiger partial charge on any atom is 0.138 e. The Morgan fingerprint density at radius 2 is 1.95 bits per heavy atom. The largest absolute Gasteiger partial charge is 0.386 e. The van der Waals surface area contributed by atoms with E-state index in [2.05, 4.69) is 10.1 Å². The molecule has 1 aliphatic rings. The van der Waals surface area contributed by atoms with E-state index in [0.29, 0.717) is 10.6 Å². The third-order valence-electron chi connectivity index (χ3n) is 4.39. The highest BCUT2D eigenvalue weighted by molar-refractivity contribution is 6.30. The van der Waals surface area contributed by atoms with Gasteiger partial charge in [0.15, 0.2) is 0 Å². The van der Waals surface area contributed by atoms with E-state index in [9.17, 15) is 10.2 Å². The van der Waals surface area contributed by atoms with Crippen molar-refractivity contribution in [2.45, 2.75) is 37.5 Å². The number of hydrogen-bond donors (Lipinski definition) is 2. The van der Waals surface area contributed by atoms with E-state index < -0.39 is 11.2 Å². The van der Waals surface area contributed by atoms with Crippen molar-refractivity contribution in [3.05, 3.63) is 47.5 Å². The monoisotopic (exact) mass is 307 g/mol. The molecular formula is C15H18ClN3O2. The number of aliphatic hydroxyl groups is 2. The van der Waals surface area contributed by atoms with Gasteiger partial charge in [0.05, 0.1) is 12.1 Å². The van der Waals surface area contributed by atoms with Crippen LogP contribution in [-0.2, 0) is 12.1 Å². The smallest absolute Gasteiger partial charge is 0.138 e. The molecule has 1 saturated carbocycles. The van der Waals surface area contributed by atoms with Crippen molar-refractivity contribution in [1.29, 1.82) is 0 Å². The topological polar surface area (TPSA) is 71.2 Å². The van der Waals surface area contributed by atoms with E-state index >= 15 is 0 Å². The lowest BCUT2D eigenvalue weighted by atomic mass is 9.75. The maximum absolute atomic E-state index is 11.3. The van der Waals surface area contributed by atoms with Gasteiger partial charge in [-0.2, -0.15) is 5.10 Å². The van der Waals surface area contributed by atoms with Crippen LogP contribution >= 0.6 is 11.6 Å². The molecule has 0 spiro atoms. The summed E-state index contributed by atoms with van der Waals surface area (Å²) in [7, 11) is 0. The highest BCUT2D eigenvalue weighted by Crippen LogP contribution is 2.49. The molecule has 0 radical (unpaired) electrons. The minimum absolute atomic E-state index is 0.0849. The van der Waals surface area contributed by atoms with Crippen LogP contribution in [0.4, 0.5) is 0 Å². The van der Waals surface area contributed by atoms with Crippen molar-refractivity contribution in [1.82, 2.24) is 14.8 Å². The Hall–Kier alpha value is -1.43. The molecule has 1 fully saturated rings. The third kappa shape index (κ3) is 2.57. The fourth-order valence-electron chi connectivity index (χ4n) is 2.80. The van der Waals surface area contributed by atoms with Gasteiger partial charge in [0, 0.05) is 5.02 Å². The second-order valence-electron chi connectivity index (χ2n) is 5.88. The minimum atomic E-state index is -1.45. The van der Waals surface area contributed by atoms with Gasteiger partial charge >= 0.3 is 0 Å². The third-order valence-corrected chi connectivity index (χ3v) is 4.64. The number of hydrogen-bond acceptors (Lipinski definition) is 4. The predicted molar refractivity (Wildman–Crippen MR) is 78.7 cm³/mol. The number of nitrogens with zero attached hydrogens (tertiary/aromatic N) is 3. The van der Waals surface area contributed by atoms with Crippen LogP contribution in [0.2, 0.25) is 5.02 Å². The average molecular weight is 308 g/mol. The zero-order chi connectivity index (χ0) is 15.1. The van der Waals surface area contributed by atoms with Crippen molar-refractivity contribution < 1.29 is 10.2 Å². The van der Waals surface area contributed by atoms with Crippen LogP contribution in [0.25, 0.3) is 0 Å². The molecule has 0 amide bonds. The molecule has 1 aliphatic carbocycles. The van der Waals surface area contributed by atoms with Crippen LogP contribution in [0, 0.1) is 5.92 Å². The zero-order valence-electron chi connectivity index (χ0n) is 11.8. The molecule has 6 heteroatoms. The summed E-state index contributed by atoms with van der Waals surface area (Å²) >= 11 is 5.92. The molecule has 0 saturated heterocycles. The summed E-state index contributed by atoms with van der Waals surface area (Å²) in [6, 6.07) is 6.92. The van der Waals surface area contributed by atoms with Crippen molar-refractivity contribution >= 4 is 11.6 Å². The van der Waals surface area contributed by atoms with Crippen molar-refractivity contribution in [2.24, 2.45) is 5.92 Å². The highest BCUT2D eigenvalue weighted by atomic mass is 35.5. The predicted octanol–water partition coefficient (Wildman–Crippen LogP) is 1.98. The Morgan fingerprint density at radius 3 is 2.48 bits per heavy atom. The summed E-state index contributed by atoms with van der Waals surface area (Å²) in [6.45, 7) is 1.83. The average Bonchev–Trinajstić information content (AvgIpc) is 3.20. The summed E-state index contributed by atoms with van der Waals surface area (Å²) in [5, 5.41) is 26.9. The SMILES string of the molecule is CC(O)(C1CC1)C(O)(Cn1cncn1)c1ccc(Cl)cc1. The van der Waals surface area contributed by atoms with Crippen LogP contribution in [-0.4, -0.2) is 30.6 Å². The second kappa shape index (κ2) is 5.09. The molecule has 2 atom stereocenters. The molecule has 1 heterocycles. The van der Waals surface area contributed by atoms with E-state index in [1.165, 1.54) is 17.3 Å². The fourth-order valence-corrected chi connectivity index (χ4v) is 2.93. The lowest BCUT2D eigenvalue weighted by Crippen LogP contribution is -2.54. The van der Waals surface area contributed by atoms with Crippen LogP contribution in [0.3, 0.4) is 0 Å². The van der Waals surface area contributed by atoms with Crippen LogP contribution < -0.4 is 0 Å². The van der Waals surface area contributed by atoms with Gasteiger partial charge in [-0.05, 0) is 43.4 Å². The van der Waals surface area contributed by atoms with Crippen molar-refractivity contribution in [3.63, 3.8) is 0 Å². The summed E-state index contributed by atoms with van der Waals surface area (Å²) in [4.78, 5) is 3.89. The normalized spacial score (nSPS) is 20.8. The molecule has 112 valence electrons. The van der Waals surface area contributed by atoms with E-state index in [4.69, 9.17) is 11.6 Å². The Labute approximate surface area is 128 Å². The first-order chi connectivity index (χ1) is 9.93. The van der Waals surface area contributed by atoms with Crippen molar-refractivity contribution in [2.75, 3.05) is 0 Å². The Balaban J connectivity index is 2.03. The molecular weight excluding hydrogens is 290 g/mol. The highest BCUT2D eigenvalue weighted by Gasteiger charge is 2.55. The Bertz CT molecular complexity index is 608. The van der Waals surface area contributed by atoms with Gasteiger partial charge in [-0.3, -0.25) is 0 Å². The number of rotatable bonds is 5. The molecule has 2 unspecified atom stereocenters. The number of benzene rings is 1. The summed E-state index contributed by atoms with van der Waals surface area (Å²) in [5.41, 5.74) is -2.07. The Kier molecular flexibility index (Phi) is 3.51. The van der Waals surface area contributed by atoms with Gasteiger partial charge in [0.25, 0.3) is 0 Å². The molecule has 1 aromatic heterocycles. The van der Waals surface area contributed by atoms with Crippen molar-refractivity contribution in [3.8, 4) is 0 Å². The van der Waals surface area contributed by atoms with E-state index in [1.54, 1.807) is 31.2 Å². The minimum Gasteiger partial charge on any atom is -0.386 e. The number of aromatic nitrogens is 3. The van der Waals surface area contributed by atoms with Gasteiger partial charge in [-0.25, -0.2) is 9.67 Å². The molecule has 1 aromatic carbocycles. The summed E-state index contributed by atoms with van der Waals surface area (Å²) in [6.07, 6.45) is 4.78. The molecule has 21 heavy (non-hydrogen) atoms. The quantitative estimate of drug-likeness (QED) is 0.886. The lowest BCUT2D eigenvalue weighted by Gasteiger charge is -2.42. The summed E-state index contributed by atoms with van der Waals surface area (Å²) in [5.74, 6) is 0.0849. The molecule has 0 bridgehead atoms. The zero-order valence-corrected chi connectivity index (χ0v) is 12.5. The maximum atomic E-state index is 11.3. The van der Waals surface area contributed by atoms with Gasteiger partial charge in [-0.1, -0.05) is 23.7 Å². The van der Waals surface area contributed by atoms with Crippen LogP contribution in [0.15, 0.2) is 36.9 Å². The summed E-state index contributed by atoms with van der Waals surface area (Å²) < 4.78 is 1.53. The molecule has 0 aliphatic heterocycles. The van der Waals surface area contributed by atoms with Gasteiger partial charge < -0.3 is 10.2 Å². The van der Waals surface area contributed by atoms with Gasteiger partial charge in [0.2, 0.25) is 0 Å².